The highest BCUT2D eigenvalue weighted by molar-refractivity contribution is 7.91. The highest BCUT2D eigenvalue weighted by Crippen LogP contribution is 2.35. The van der Waals surface area contributed by atoms with Crippen molar-refractivity contribution in [2.75, 3.05) is 0 Å². The SMILES string of the molecule is Cc1ccc(S(=O)(=O)c2c(CCc3ccc(Cl)cc3F)ccc3c2CCCC3)cc1. The summed E-state index contributed by atoms with van der Waals surface area (Å²) < 4.78 is 41.6. The first-order valence-electron chi connectivity index (χ1n) is 10.3. The molecule has 0 atom stereocenters. The zero-order valence-corrected chi connectivity index (χ0v) is 18.5. The second kappa shape index (κ2) is 8.52. The molecule has 30 heavy (non-hydrogen) atoms. The standard InChI is InChI=1S/C25H24ClFO2S/c1-17-6-14-22(15-7-17)30(28,29)25-20(10-8-18-4-2-3-5-23(18)25)11-9-19-12-13-21(26)16-24(19)27/h6-8,10,12-16H,2-5,9,11H2,1H3. The first kappa shape index (κ1) is 21.1. The fraction of sp³-hybridized carbons (Fsp3) is 0.280. The van der Waals surface area contributed by atoms with Crippen LogP contribution in [0.4, 0.5) is 4.39 Å². The molecule has 0 aliphatic heterocycles. The molecule has 0 saturated heterocycles. The van der Waals surface area contributed by atoms with E-state index in [9.17, 15) is 12.8 Å². The minimum absolute atomic E-state index is 0.311. The molecule has 0 aromatic heterocycles. The Labute approximate surface area is 182 Å². The Bertz CT molecular complexity index is 1180. The van der Waals surface area contributed by atoms with Crippen molar-refractivity contribution < 1.29 is 12.8 Å². The lowest BCUT2D eigenvalue weighted by molar-refractivity contribution is 0.588. The average molecular weight is 443 g/mol. The van der Waals surface area contributed by atoms with Crippen molar-refractivity contribution in [2.45, 2.75) is 55.2 Å². The van der Waals surface area contributed by atoms with E-state index >= 15 is 0 Å². The molecule has 4 rings (SSSR count). The summed E-state index contributed by atoms with van der Waals surface area (Å²) in [5.41, 5.74) is 4.37. The molecule has 0 heterocycles. The zero-order valence-electron chi connectivity index (χ0n) is 16.9. The molecule has 0 spiro atoms. The van der Waals surface area contributed by atoms with Gasteiger partial charge in [-0.3, -0.25) is 0 Å². The third-order valence-corrected chi connectivity index (χ3v) is 8.01. The van der Waals surface area contributed by atoms with Crippen molar-refractivity contribution in [2.24, 2.45) is 0 Å². The van der Waals surface area contributed by atoms with Crippen LogP contribution in [0.15, 0.2) is 64.4 Å². The molecule has 1 aliphatic carbocycles. The first-order valence-corrected chi connectivity index (χ1v) is 12.1. The van der Waals surface area contributed by atoms with Crippen LogP contribution in [0.5, 0.6) is 0 Å². The van der Waals surface area contributed by atoms with Crippen LogP contribution in [-0.2, 0) is 35.5 Å². The van der Waals surface area contributed by atoms with Gasteiger partial charge in [0.2, 0.25) is 9.84 Å². The molecule has 0 bridgehead atoms. The van der Waals surface area contributed by atoms with Gasteiger partial charge >= 0.3 is 0 Å². The highest BCUT2D eigenvalue weighted by Gasteiger charge is 2.27. The minimum Gasteiger partial charge on any atom is -0.218 e. The minimum atomic E-state index is -3.66. The van der Waals surface area contributed by atoms with Crippen molar-refractivity contribution in [3.05, 3.63) is 93.3 Å². The Kier molecular flexibility index (Phi) is 5.99. The van der Waals surface area contributed by atoms with Crippen LogP contribution < -0.4 is 0 Å². The Hall–Kier alpha value is -2.17. The molecule has 0 amide bonds. The maximum Gasteiger partial charge on any atom is 0.207 e. The van der Waals surface area contributed by atoms with Gasteiger partial charge in [-0.1, -0.05) is 47.5 Å². The van der Waals surface area contributed by atoms with Gasteiger partial charge in [-0.15, -0.1) is 0 Å². The summed E-state index contributed by atoms with van der Waals surface area (Å²) >= 11 is 5.86. The molecule has 2 nitrogen and oxygen atoms in total. The summed E-state index contributed by atoms with van der Waals surface area (Å²) in [6.45, 7) is 1.94. The maximum absolute atomic E-state index is 14.3. The van der Waals surface area contributed by atoms with Crippen LogP contribution in [0.2, 0.25) is 5.02 Å². The van der Waals surface area contributed by atoms with Crippen molar-refractivity contribution in [3.8, 4) is 0 Å². The second-order valence-corrected chi connectivity index (χ2v) is 10.3. The van der Waals surface area contributed by atoms with Crippen LogP contribution in [0.3, 0.4) is 0 Å². The number of benzene rings is 3. The second-order valence-electron chi connectivity index (χ2n) is 7.95. The Morgan fingerprint density at radius 1 is 0.900 bits per heavy atom. The molecule has 3 aromatic rings. The summed E-state index contributed by atoms with van der Waals surface area (Å²) in [6, 6.07) is 15.6. The fourth-order valence-electron chi connectivity index (χ4n) is 4.20. The smallest absolute Gasteiger partial charge is 0.207 e. The number of aryl methyl sites for hydroxylation is 4. The molecule has 5 heteroatoms. The molecular formula is C25H24ClFO2S. The van der Waals surface area contributed by atoms with Crippen LogP contribution in [0, 0.1) is 12.7 Å². The van der Waals surface area contributed by atoms with E-state index in [1.165, 1.54) is 6.07 Å². The van der Waals surface area contributed by atoms with Crippen molar-refractivity contribution in [1.82, 2.24) is 0 Å². The number of sulfone groups is 1. The average Bonchev–Trinajstić information content (AvgIpc) is 2.73. The Morgan fingerprint density at radius 3 is 2.30 bits per heavy atom. The predicted octanol–water partition coefficient (Wildman–Crippen LogP) is 6.28. The molecule has 0 unspecified atom stereocenters. The van der Waals surface area contributed by atoms with Gasteiger partial charge in [0.15, 0.2) is 0 Å². The Morgan fingerprint density at radius 2 is 1.57 bits per heavy atom. The molecular weight excluding hydrogens is 419 g/mol. The Balaban J connectivity index is 1.78. The van der Waals surface area contributed by atoms with Gasteiger partial charge in [0.05, 0.1) is 9.79 Å². The van der Waals surface area contributed by atoms with Crippen molar-refractivity contribution in [1.29, 1.82) is 0 Å². The van der Waals surface area contributed by atoms with Crippen molar-refractivity contribution >= 4 is 21.4 Å². The topological polar surface area (TPSA) is 34.1 Å². The van der Waals surface area contributed by atoms with E-state index in [1.54, 1.807) is 24.3 Å². The number of rotatable bonds is 5. The number of hydrogen-bond donors (Lipinski definition) is 0. The lowest BCUT2D eigenvalue weighted by Gasteiger charge is -2.22. The summed E-state index contributed by atoms with van der Waals surface area (Å²) in [5.74, 6) is -0.358. The molecule has 1 aliphatic rings. The number of halogens is 2. The lowest BCUT2D eigenvalue weighted by atomic mass is 9.89. The summed E-state index contributed by atoms with van der Waals surface area (Å²) in [4.78, 5) is 0.740. The first-order chi connectivity index (χ1) is 14.4. The largest absolute Gasteiger partial charge is 0.218 e. The summed E-state index contributed by atoms with van der Waals surface area (Å²) in [6.07, 6.45) is 4.59. The van der Waals surface area contributed by atoms with Gasteiger partial charge < -0.3 is 0 Å². The van der Waals surface area contributed by atoms with E-state index < -0.39 is 9.84 Å². The monoisotopic (exact) mass is 442 g/mol. The molecule has 3 aromatic carbocycles. The van der Waals surface area contributed by atoms with Gasteiger partial charge in [0.1, 0.15) is 5.82 Å². The van der Waals surface area contributed by atoms with E-state index in [2.05, 4.69) is 6.07 Å². The third kappa shape index (κ3) is 4.17. The summed E-state index contributed by atoms with van der Waals surface area (Å²) in [5, 5.41) is 0.354. The highest BCUT2D eigenvalue weighted by atomic mass is 35.5. The van der Waals surface area contributed by atoms with Crippen LogP contribution >= 0.6 is 11.6 Å². The zero-order chi connectivity index (χ0) is 21.3. The quantitative estimate of drug-likeness (QED) is 0.465. The molecule has 156 valence electrons. The molecule has 0 N–H and O–H groups in total. The van der Waals surface area contributed by atoms with E-state index in [-0.39, 0.29) is 5.82 Å². The van der Waals surface area contributed by atoms with E-state index in [0.29, 0.717) is 33.2 Å². The van der Waals surface area contributed by atoms with Gasteiger partial charge in [-0.2, -0.15) is 0 Å². The van der Waals surface area contributed by atoms with E-state index in [1.807, 2.05) is 25.1 Å². The maximum atomic E-state index is 14.3. The van der Waals surface area contributed by atoms with Crippen LogP contribution in [-0.4, -0.2) is 8.42 Å². The van der Waals surface area contributed by atoms with Gasteiger partial charge in [-0.25, -0.2) is 12.8 Å². The van der Waals surface area contributed by atoms with Gasteiger partial charge in [-0.05, 0) is 92.0 Å². The molecule has 0 radical (unpaired) electrons. The van der Waals surface area contributed by atoms with E-state index in [0.717, 1.165) is 47.9 Å². The lowest BCUT2D eigenvalue weighted by Crippen LogP contribution is -2.15. The third-order valence-electron chi connectivity index (χ3n) is 5.84. The predicted molar refractivity (Wildman–Crippen MR) is 119 cm³/mol. The van der Waals surface area contributed by atoms with Crippen molar-refractivity contribution in [3.63, 3.8) is 0 Å². The van der Waals surface area contributed by atoms with Crippen LogP contribution in [0.25, 0.3) is 0 Å². The molecule has 0 saturated carbocycles. The van der Waals surface area contributed by atoms with Gasteiger partial charge in [0.25, 0.3) is 0 Å². The molecule has 0 fully saturated rings. The normalized spacial score (nSPS) is 13.8. The fourth-order valence-corrected chi connectivity index (χ4v) is 6.17. The summed E-state index contributed by atoms with van der Waals surface area (Å²) in [7, 11) is -3.66. The van der Waals surface area contributed by atoms with E-state index in [4.69, 9.17) is 11.6 Å². The van der Waals surface area contributed by atoms with Gasteiger partial charge in [0, 0.05) is 5.02 Å². The number of hydrogen-bond acceptors (Lipinski definition) is 2. The van der Waals surface area contributed by atoms with Crippen LogP contribution in [0.1, 0.15) is 40.7 Å². The number of fused-ring (bicyclic) bond motifs is 1.